The molecule has 0 aliphatic carbocycles. The first kappa shape index (κ1) is 26.0. The average molecular weight is 492 g/mol. The van der Waals surface area contributed by atoms with Gasteiger partial charge in [-0.25, -0.2) is 22.2 Å². The van der Waals surface area contributed by atoms with Crippen LogP contribution >= 0.6 is 0 Å². The summed E-state index contributed by atoms with van der Waals surface area (Å²) in [7, 11) is -3.91. The predicted molar refractivity (Wildman–Crippen MR) is 114 cm³/mol. The van der Waals surface area contributed by atoms with Crippen LogP contribution in [0.25, 0.3) is 6.08 Å². The van der Waals surface area contributed by atoms with Crippen molar-refractivity contribution in [3.8, 4) is 0 Å². The van der Waals surface area contributed by atoms with E-state index in [1.807, 2.05) is 0 Å². The van der Waals surface area contributed by atoms with Crippen LogP contribution in [0, 0.1) is 11.6 Å². The van der Waals surface area contributed by atoms with Crippen LogP contribution in [0.4, 0.5) is 33.5 Å². The van der Waals surface area contributed by atoms with Gasteiger partial charge in [0.25, 0.3) is 0 Å². The summed E-state index contributed by atoms with van der Waals surface area (Å²) in [5, 5.41) is 5.14. The van der Waals surface area contributed by atoms with Gasteiger partial charge >= 0.3 is 6.18 Å². The van der Waals surface area contributed by atoms with Crippen molar-refractivity contribution in [2.24, 2.45) is 0 Å². The molecule has 0 aliphatic heterocycles. The second-order valence-electron chi connectivity index (χ2n) is 6.96. The van der Waals surface area contributed by atoms with Crippen molar-refractivity contribution in [3.63, 3.8) is 0 Å². The molecule has 7 nitrogen and oxygen atoms in total. The van der Waals surface area contributed by atoms with Gasteiger partial charge in [-0.3, -0.25) is 9.52 Å². The number of aromatic nitrogens is 1. The molecule has 0 aliphatic rings. The second kappa shape index (κ2) is 10.1. The van der Waals surface area contributed by atoms with E-state index in [-0.39, 0.29) is 16.9 Å². The van der Waals surface area contributed by atoms with E-state index in [1.54, 1.807) is 11.6 Å². The Morgan fingerprint density at radius 3 is 2.30 bits per heavy atom. The molecule has 180 valence electrons. The first-order valence-electron chi connectivity index (χ1n) is 9.48. The molecule has 0 bridgehead atoms. The van der Waals surface area contributed by atoms with Gasteiger partial charge in [0, 0.05) is 18.2 Å². The third-order valence-corrected chi connectivity index (χ3v) is 4.76. The summed E-state index contributed by atoms with van der Waals surface area (Å²) in [4.78, 5) is 15.7. The number of hydrogen-bond acceptors (Lipinski definition) is 5. The van der Waals surface area contributed by atoms with E-state index in [2.05, 4.69) is 15.6 Å². The van der Waals surface area contributed by atoms with Gasteiger partial charge in [-0.1, -0.05) is 0 Å². The Morgan fingerprint density at radius 2 is 1.79 bits per heavy atom. The molecule has 0 radical (unpaired) electrons. The molecule has 0 spiro atoms. The van der Waals surface area contributed by atoms with Crippen molar-refractivity contribution in [1.82, 2.24) is 10.3 Å². The number of benzene rings is 1. The topological polar surface area (TPSA) is 100 Å². The lowest BCUT2D eigenvalue weighted by Crippen LogP contribution is -2.25. The fourth-order valence-electron chi connectivity index (χ4n) is 2.71. The van der Waals surface area contributed by atoms with Crippen LogP contribution in [0.3, 0.4) is 0 Å². The van der Waals surface area contributed by atoms with Crippen LogP contribution in [0.1, 0.15) is 36.7 Å². The van der Waals surface area contributed by atoms with Gasteiger partial charge in [-0.2, -0.15) is 13.2 Å². The number of nitrogens with one attached hydrogen (secondary N) is 3. The molecule has 3 N–H and O–H groups in total. The molecule has 0 unspecified atom stereocenters. The second-order valence-corrected chi connectivity index (χ2v) is 8.71. The molecule has 1 aromatic heterocycles. The molecule has 0 saturated carbocycles. The highest BCUT2D eigenvalue weighted by Crippen LogP contribution is 2.30. The molecule has 1 amide bonds. The lowest BCUT2D eigenvalue weighted by molar-refractivity contribution is -0.141. The highest BCUT2D eigenvalue weighted by atomic mass is 32.2. The lowest BCUT2D eigenvalue weighted by Gasteiger charge is -2.15. The molecule has 2 aromatic rings. The quantitative estimate of drug-likeness (QED) is 0.381. The van der Waals surface area contributed by atoms with Crippen molar-refractivity contribution in [1.29, 1.82) is 0 Å². The Labute approximate surface area is 187 Å². The zero-order valence-corrected chi connectivity index (χ0v) is 18.5. The standard InChI is InChI=1S/C20H21F5N4O3S/c1-4-26-19-12(5-7-16(28-19)20(23,24)25)6-8-17(30)27-11(2)13-9-14(21)18(15(22)10-13)29-33(3,31)32/h5-11,29H,4H2,1-3H3,(H,26,28)(H,27,30)/t11-/m1/s1. The first-order chi connectivity index (χ1) is 15.2. The number of hydrogen-bond donors (Lipinski definition) is 3. The van der Waals surface area contributed by atoms with Crippen molar-refractivity contribution < 1.29 is 35.2 Å². The van der Waals surface area contributed by atoms with E-state index in [0.717, 1.165) is 36.6 Å². The number of anilines is 2. The third kappa shape index (κ3) is 7.41. The van der Waals surface area contributed by atoms with Crippen molar-refractivity contribution in [3.05, 3.63) is 58.8 Å². The van der Waals surface area contributed by atoms with Crippen molar-refractivity contribution in [2.45, 2.75) is 26.1 Å². The van der Waals surface area contributed by atoms with Crippen LogP contribution in [0.2, 0.25) is 0 Å². The highest BCUT2D eigenvalue weighted by Gasteiger charge is 2.32. The van der Waals surface area contributed by atoms with E-state index in [4.69, 9.17) is 0 Å². The Bertz CT molecular complexity index is 1140. The summed E-state index contributed by atoms with van der Waals surface area (Å²) < 4.78 is 91.1. The zero-order chi connectivity index (χ0) is 25.0. The minimum atomic E-state index is -4.63. The van der Waals surface area contributed by atoms with Gasteiger partial charge in [0.1, 0.15) is 17.2 Å². The monoisotopic (exact) mass is 492 g/mol. The van der Waals surface area contributed by atoms with E-state index in [1.165, 1.54) is 13.0 Å². The summed E-state index contributed by atoms with van der Waals surface area (Å²) in [5.41, 5.74) is -1.69. The summed E-state index contributed by atoms with van der Waals surface area (Å²) >= 11 is 0. The number of sulfonamides is 1. The maximum Gasteiger partial charge on any atom is 0.433 e. The van der Waals surface area contributed by atoms with E-state index < -0.39 is 51.2 Å². The Hall–Kier alpha value is -3.22. The molecule has 0 saturated heterocycles. The fourth-order valence-corrected chi connectivity index (χ4v) is 3.27. The van der Waals surface area contributed by atoms with Crippen LogP contribution < -0.4 is 15.4 Å². The molecule has 1 atom stereocenters. The van der Waals surface area contributed by atoms with Gasteiger partial charge in [0.2, 0.25) is 15.9 Å². The molecule has 13 heteroatoms. The molecular formula is C20H21F5N4O3S. The van der Waals surface area contributed by atoms with Crippen molar-refractivity contribution >= 4 is 33.5 Å². The van der Waals surface area contributed by atoms with Gasteiger partial charge < -0.3 is 10.6 Å². The smallest absolute Gasteiger partial charge is 0.370 e. The Balaban J connectivity index is 2.18. The van der Waals surface area contributed by atoms with Gasteiger partial charge in [-0.05, 0) is 49.8 Å². The van der Waals surface area contributed by atoms with Crippen LogP contribution in [-0.4, -0.2) is 32.1 Å². The zero-order valence-electron chi connectivity index (χ0n) is 17.7. The van der Waals surface area contributed by atoms with E-state index in [9.17, 15) is 35.2 Å². The van der Waals surface area contributed by atoms with Crippen LogP contribution in [0.5, 0.6) is 0 Å². The summed E-state index contributed by atoms with van der Waals surface area (Å²) in [6.45, 7) is 3.39. The fraction of sp³-hybridized carbons (Fsp3) is 0.300. The lowest BCUT2D eigenvalue weighted by atomic mass is 10.1. The summed E-state index contributed by atoms with van der Waals surface area (Å²) in [5.74, 6) is -3.09. The minimum absolute atomic E-state index is 0.0235. The molecule has 1 aromatic carbocycles. The van der Waals surface area contributed by atoms with Crippen LogP contribution in [0.15, 0.2) is 30.3 Å². The third-order valence-electron chi connectivity index (χ3n) is 4.19. The number of carbonyl (C=O) groups is 1. The number of halogens is 5. The molecule has 0 fully saturated rings. The maximum atomic E-state index is 14.2. The predicted octanol–water partition coefficient (Wildman–Crippen LogP) is 4.07. The summed E-state index contributed by atoms with van der Waals surface area (Å²) in [6, 6.07) is 2.79. The number of alkyl halides is 3. The number of pyridine rings is 1. The number of rotatable bonds is 8. The Morgan fingerprint density at radius 1 is 1.18 bits per heavy atom. The number of carbonyl (C=O) groups excluding carboxylic acids is 1. The SMILES string of the molecule is CCNc1nc(C(F)(F)F)ccc1C=CC(=O)N[C@H](C)c1cc(F)c(NS(C)(=O)=O)c(F)c1. The van der Waals surface area contributed by atoms with Gasteiger partial charge in [0.05, 0.1) is 12.3 Å². The average Bonchev–Trinajstić information content (AvgIpc) is 2.68. The molecular weight excluding hydrogens is 471 g/mol. The van der Waals surface area contributed by atoms with Gasteiger partial charge in [0.15, 0.2) is 11.6 Å². The van der Waals surface area contributed by atoms with Gasteiger partial charge in [-0.15, -0.1) is 0 Å². The normalized spacial score (nSPS) is 13.1. The number of nitrogens with zero attached hydrogens (tertiary/aromatic N) is 1. The van der Waals surface area contributed by atoms with Crippen LogP contribution in [-0.2, 0) is 21.0 Å². The maximum absolute atomic E-state index is 14.2. The molecule has 33 heavy (non-hydrogen) atoms. The Kier molecular flexibility index (Phi) is 8.01. The summed E-state index contributed by atoms with van der Waals surface area (Å²) in [6.07, 6.45) is -1.61. The van der Waals surface area contributed by atoms with Crippen molar-refractivity contribution in [2.75, 3.05) is 22.8 Å². The largest absolute Gasteiger partial charge is 0.433 e. The van der Waals surface area contributed by atoms with E-state index >= 15 is 0 Å². The number of amides is 1. The van der Waals surface area contributed by atoms with E-state index in [0.29, 0.717) is 6.54 Å². The minimum Gasteiger partial charge on any atom is -0.370 e. The molecule has 2 rings (SSSR count). The highest BCUT2D eigenvalue weighted by molar-refractivity contribution is 7.92. The first-order valence-corrected chi connectivity index (χ1v) is 11.4. The molecule has 1 heterocycles.